The lowest BCUT2D eigenvalue weighted by Gasteiger charge is -2.07. The molecule has 0 amide bonds. The molecular formula is C28H30O4. The molecular weight excluding hydrogens is 400 g/mol. The maximum atomic E-state index is 12.3. The SMILES string of the molecule is CCCCCCCCC(=O)Oc1ccc(-c2ccc(C(=O)Oc3ccccc3)cc2)cc1. The van der Waals surface area contributed by atoms with Crippen LogP contribution in [0.25, 0.3) is 11.1 Å². The van der Waals surface area contributed by atoms with Crippen LogP contribution in [0, 0.1) is 0 Å². The van der Waals surface area contributed by atoms with Gasteiger partial charge in [0.15, 0.2) is 0 Å². The minimum atomic E-state index is -0.393. The zero-order valence-corrected chi connectivity index (χ0v) is 18.6. The summed E-state index contributed by atoms with van der Waals surface area (Å²) in [7, 11) is 0. The molecule has 32 heavy (non-hydrogen) atoms. The van der Waals surface area contributed by atoms with Gasteiger partial charge in [-0.2, -0.15) is 0 Å². The van der Waals surface area contributed by atoms with Crippen molar-refractivity contribution in [3.63, 3.8) is 0 Å². The van der Waals surface area contributed by atoms with E-state index in [9.17, 15) is 9.59 Å². The summed E-state index contributed by atoms with van der Waals surface area (Å²) in [5.41, 5.74) is 2.42. The van der Waals surface area contributed by atoms with Crippen molar-refractivity contribution < 1.29 is 19.1 Å². The summed E-state index contributed by atoms with van der Waals surface area (Å²) in [4.78, 5) is 24.3. The average Bonchev–Trinajstić information content (AvgIpc) is 2.82. The van der Waals surface area contributed by atoms with Crippen LogP contribution in [0.15, 0.2) is 78.9 Å². The topological polar surface area (TPSA) is 52.6 Å². The number of hydrogen-bond donors (Lipinski definition) is 0. The molecule has 0 saturated carbocycles. The molecule has 3 aromatic carbocycles. The van der Waals surface area contributed by atoms with E-state index in [1.165, 1.54) is 25.7 Å². The first kappa shape index (κ1) is 23.3. The van der Waals surface area contributed by atoms with Crippen LogP contribution in [0.5, 0.6) is 11.5 Å². The lowest BCUT2D eigenvalue weighted by Crippen LogP contribution is -2.08. The Morgan fingerprint density at radius 3 is 1.84 bits per heavy atom. The van der Waals surface area contributed by atoms with Gasteiger partial charge in [-0.25, -0.2) is 4.79 Å². The van der Waals surface area contributed by atoms with Crippen molar-refractivity contribution >= 4 is 11.9 Å². The number of carbonyl (C=O) groups is 2. The average molecular weight is 431 g/mol. The lowest BCUT2D eigenvalue weighted by atomic mass is 10.0. The fourth-order valence-electron chi connectivity index (χ4n) is 3.40. The van der Waals surface area contributed by atoms with Gasteiger partial charge in [0, 0.05) is 6.42 Å². The first-order valence-corrected chi connectivity index (χ1v) is 11.3. The Morgan fingerprint density at radius 2 is 1.19 bits per heavy atom. The number of para-hydroxylation sites is 1. The summed E-state index contributed by atoms with van der Waals surface area (Å²) < 4.78 is 10.8. The second kappa shape index (κ2) is 12.5. The summed E-state index contributed by atoms with van der Waals surface area (Å²) in [6, 6.07) is 23.7. The molecule has 0 fully saturated rings. The number of hydrogen-bond acceptors (Lipinski definition) is 4. The van der Waals surface area contributed by atoms with Crippen molar-refractivity contribution in [2.75, 3.05) is 0 Å². The highest BCUT2D eigenvalue weighted by Crippen LogP contribution is 2.24. The Kier molecular flexibility index (Phi) is 9.05. The lowest BCUT2D eigenvalue weighted by molar-refractivity contribution is -0.134. The summed E-state index contributed by atoms with van der Waals surface area (Å²) in [5, 5.41) is 0. The van der Waals surface area contributed by atoms with Crippen molar-refractivity contribution in [1.82, 2.24) is 0 Å². The molecule has 0 aliphatic carbocycles. The van der Waals surface area contributed by atoms with Gasteiger partial charge in [-0.15, -0.1) is 0 Å². The van der Waals surface area contributed by atoms with Gasteiger partial charge in [-0.1, -0.05) is 81.5 Å². The highest BCUT2D eigenvalue weighted by molar-refractivity contribution is 5.91. The summed E-state index contributed by atoms with van der Waals surface area (Å²) in [5.74, 6) is 0.487. The fourth-order valence-corrected chi connectivity index (χ4v) is 3.40. The summed E-state index contributed by atoms with van der Waals surface area (Å²) >= 11 is 0. The van der Waals surface area contributed by atoms with E-state index in [2.05, 4.69) is 6.92 Å². The third-order valence-corrected chi connectivity index (χ3v) is 5.23. The van der Waals surface area contributed by atoms with E-state index in [1.54, 1.807) is 36.4 Å². The third kappa shape index (κ3) is 7.38. The predicted molar refractivity (Wildman–Crippen MR) is 127 cm³/mol. The largest absolute Gasteiger partial charge is 0.427 e. The number of rotatable bonds is 11. The third-order valence-electron chi connectivity index (χ3n) is 5.23. The molecule has 0 atom stereocenters. The molecule has 0 aromatic heterocycles. The summed E-state index contributed by atoms with van der Waals surface area (Å²) in [6.07, 6.45) is 7.30. The molecule has 0 aliphatic rings. The molecule has 4 nitrogen and oxygen atoms in total. The maximum absolute atomic E-state index is 12.3. The Hall–Kier alpha value is -3.40. The molecule has 0 bridgehead atoms. The number of unbranched alkanes of at least 4 members (excludes halogenated alkanes) is 5. The molecule has 0 saturated heterocycles. The molecule has 0 heterocycles. The van der Waals surface area contributed by atoms with Gasteiger partial charge < -0.3 is 9.47 Å². The van der Waals surface area contributed by atoms with Crippen molar-refractivity contribution in [2.24, 2.45) is 0 Å². The van der Waals surface area contributed by atoms with Crippen molar-refractivity contribution in [3.8, 4) is 22.6 Å². The maximum Gasteiger partial charge on any atom is 0.343 e. The van der Waals surface area contributed by atoms with Gasteiger partial charge >= 0.3 is 11.9 Å². The Morgan fingerprint density at radius 1 is 0.625 bits per heavy atom. The monoisotopic (exact) mass is 430 g/mol. The van der Waals surface area contributed by atoms with Gasteiger partial charge in [0.1, 0.15) is 11.5 Å². The van der Waals surface area contributed by atoms with Crippen LogP contribution >= 0.6 is 0 Å². The number of carbonyl (C=O) groups excluding carboxylic acids is 2. The van der Waals surface area contributed by atoms with Gasteiger partial charge in [0.2, 0.25) is 0 Å². The zero-order chi connectivity index (χ0) is 22.6. The smallest absolute Gasteiger partial charge is 0.343 e. The Bertz CT molecular complexity index is 976. The van der Waals surface area contributed by atoms with Gasteiger partial charge in [0.25, 0.3) is 0 Å². The van der Waals surface area contributed by atoms with Crippen LogP contribution in [0.4, 0.5) is 0 Å². The molecule has 3 rings (SSSR count). The highest BCUT2D eigenvalue weighted by atomic mass is 16.5. The van der Waals surface area contributed by atoms with Crippen LogP contribution in [0.2, 0.25) is 0 Å². The highest BCUT2D eigenvalue weighted by Gasteiger charge is 2.09. The molecule has 0 aliphatic heterocycles. The van der Waals surface area contributed by atoms with Crippen LogP contribution in [-0.2, 0) is 4.79 Å². The van der Waals surface area contributed by atoms with E-state index in [0.29, 0.717) is 23.5 Å². The van der Waals surface area contributed by atoms with Crippen molar-refractivity contribution in [3.05, 3.63) is 84.4 Å². The number of esters is 2. The first-order chi connectivity index (χ1) is 15.7. The normalized spacial score (nSPS) is 10.5. The van der Waals surface area contributed by atoms with Gasteiger partial charge in [-0.05, 0) is 53.9 Å². The fraction of sp³-hybridized carbons (Fsp3) is 0.286. The molecule has 4 heteroatoms. The van der Waals surface area contributed by atoms with E-state index in [-0.39, 0.29) is 5.97 Å². The zero-order valence-electron chi connectivity index (χ0n) is 18.6. The minimum Gasteiger partial charge on any atom is -0.427 e. The molecule has 3 aromatic rings. The molecule has 0 N–H and O–H groups in total. The standard InChI is InChI=1S/C28H30O4/c1-2-3-4-5-6-10-13-27(29)31-26-20-18-23(19-21-26)22-14-16-24(17-15-22)28(30)32-25-11-8-7-9-12-25/h7-9,11-12,14-21H,2-6,10,13H2,1H3. The van der Waals surface area contributed by atoms with E-state index in [0.717, 1.165) is 24.0 Å². The van der Waals surface area contributed by atoms with E-state index < -0.39 is 5.97 Å². The van der Waals surface area contributed by atoms with Gasteiger partial charge in [0.05, 0.1) is 5.56 Å². The molecule has 166 valence electrons. The van der Waals surface area contributed by atoms with Crippen molar-refractivity contribution in [1.29, 1.82) is 0 Å². The minimum absolute atomic E-state index is 0.186. The molecule has 0 unspecified atom stereocenters. The molecule has 0 radical (unpaired) electrons. The van der Waals surface area contributed by atoms with Crippen LogP contribution in [-0.4, -0.2) is 11.9 Å². The van der Waals surface area contributed by atoms with Crippen LogP contribution in [0.1, 0.15) is 62.2 Å². The number of benzene rings is 3. The quantitative estimate of drug-likeness (QED) is 0.183. The number of ether oxygens (including phenoxy) is 2. The van der Waals surface area contributed by atoms with E-state index in [4.69, 9.17) is 9.47 Å². The van der Waals surface area contributed by atoms with Gasteiger partial charge in [-0.3, -0.25) is 4.79 Å². The van der Waals surface area contributed by atoms with E-state index in [1.807, 2.05) is 42.5 Å². The van der Waals surface area contributed by atoms with Crippen LogP contribution < -0.4 is 9.47 Å². The van der Waals surface area contributed by atoms with E-state index >= 15 is 0 Å². The predicted octanol–water partition coefficient (Wildman–Crippen LogP) is 7.23. The summed E-state index contributed by atoms with van der Waals surface area (Å²) in [6.45, 7) is 2.20. The van der Waals surface area contributed by atoms with Crippen LogP contribution in [0.3, 0.4) is 0 Å². The first-order valence-electron chi connectivity index (χ1n) is 11.3. The second-order valence-corrected chi connectivity index (χ2v) is 7.80. The second-order valence-electron chi connectivity index (χ2n) is 7.80. The Labute approximate surface area is 190 Å². The van der Waals surface area contributed by atoms with Crippen molar-refractivity contribution in [2.45, 2.75) is 51.9 Å². The Balaban J connectivity index is 1.49. The molecule has 0 spiro atoms.